The van der Waals surface area contributed by atoms with Gasteiger partial charge in [0.15, 0.2) is 0 Å². The molecule has 1 saturated heterocycles. The van der Waals surface area contributed by atoms with E-state index < -0.39 is 0 Å². The van der Waals surface area contributed by atoms with E-state index in [4.69, 9.17) is 0 Å². The Balaban J connectivity index is 2.43. The lowest BCUT2D eigenvalue weighted by molar-refractivity contribution is -0.384. The molecule has 0 aromatic carbocycles. The maximum absolute atomic E-state index is 11.2. The Morgan fingerprint density at radius 3 is 3.00 bits per heavy atom. The molecule has 19 heavy (non-hydrogen) atoms. The van der Waals surface area contributed by atoms with Crippen LogP contribution in [0.25, 0.3) is 0 Å². The van der Waals surface area contributed by atoms with Gasteiger partial charge in [-0.2, -0.15) is 0 Å². The maximum atomic E-state index is 11.2. The molecule has 1 atom stereocenters. The minimum atomic E-state index is -0.378. The van der Waals surface area contributed by atoms with Crippen LogP contribution in [-0.4, -0.2) is 34.2 Å². The highest BCUT2D eigenvalue weighted by Crippen LogP contribution is 2.32. The molecule has 6 heteroatoms. The van der Waals surface area contributed by atoms with Crippen molar-refractivity contribution in [1.29, 1.82) is 0 Å². The van der Waals surface area contributed by atoms with E-state index in [2.05, 4.69) is 4.98 Å². The van der Waals surface area contributed by atoms with Crippen LogP contribution in [0.1, 0.15) is 31.2 Å². The van der Waals surface area contributed by atoms with Crippen LogP contribution in [0.15, 0.2) is 12.3 Å². The van der Waals surface area contributed by atoms with E-state index in [1.165, 1.54) is 0 Å². The molecule has 104 valence electrons. The first-order chi connectivity index (χ1) is 9.15. The van der Waals surface area contributed by atoms with E-state index in [0.717, 1.165) is 25.7 Å². The first kappa shape index (κ1) is 13.7. The van der Waals surface area contributed by atoms with Crippen molar-refractivity contribution in [1.82, 2.24) is 4.98 Å². The molecule has 0 bridgehead atoms. The summed E-state index contributed by atoms with van der Waals surface area (Å²) in [5, 5.41) is 20.7. The number of pyridine rings is 1. The number of aryl methyl sites for hydroxylation is 1. The zero-order valence-corrected chi connectivity index (χ0v) is 11.1. The lowest BCUT2D eigenvalue weighted by Gasteiger charge is -2.29. The van der Waals surface area contributed by atoms with E-state index in [0.29, 0.717) is 17.9 Å². The maximum Gasteiger partial charge on any atom is 0.314 e. The van der Waals surface area contributed by atoms with Crippen LogP contribution in [0.4, 0.5) is 11.5 Å². The smallest absolute Gasteiger partial charge is 0.314 e. The third-order valence-electron chi connectivity index (χ3n) is 3.65. The normalized spacial score (nSPS) is 20.1. The molecular weight excluding hydrogens is 246 g/mol. The topological polar surface area (TPSA) is 79.5 Å². The van der Waals surface area contributed by atoms with E-state index in [1.807, 2.05) is 4.90 Å². The van der Waals surface area contributed by atoms with Crippen molar-refractivity contribution in [3.63, 3.8) is 0 Å². The Bertz CT molecular complexity index is 464. The highest BCUT2D eigenvalue weighted by molar-refractivity contribution is 5.62. The highest BCUT2D eigenvalue weighted by atomic mass is 16.6. The molecule has 2 rings (SSSR count). The van der Waals surface area contributed by atoms with Gasteiger partial charge in [0.05, 0.1) is 17.6 Å². The summed E-state index contributed by atoms with van der Waals surface area (Å²) in [4.78, 5) is 17.0. The molecule has 0 spiro atoms. The lowest BCUT2D eigenvalue weighted by atomic mass is 10.1. The van der Waals surface area contributed by atoms with Crippen molar-refractivity contribution in [2.24, 2.45) is 0 Å². The molecule has 1 fully saturated rings. The predicted octanol–water partition coefficient (Wildman–Crippen LogP) is 2.04. The van der Waals surface area contributed by atoms with Crippen LogP contribution in [0.3, 0.4) is 0 Å². The molecule has 6 nitrogen and oxygen atoms in total. The molecule has 2 heterocycles. The molecule has 0 saturated carbocycles. The molecule has 1 aromatic rings. The van der Waals surface area contributed by atoms with Crippen molar-refractivity contribution in [2.45, 2.75) is 38.6 Å². The average molecular weight is 265 g/mol. The molecule has 1 aromatic heterocycles. The summed E-state index contributed by atoms with van der Waals surface area (Å²) in [5.74, 6) is 0.394. The summed E-state index contributed by atoms with van der Waals surface area (Å²) in [6, 6.07) is 1.57. The van der Waals surface area contributed by atoms with Crippen LogP contribution < -0.4 is 4.90 Å². The van der Waals surface area contributed by atoms with Crippen LogP contribution in [0, 0.1) is 17.0 Å². The second-order valence-electron chi connectivity index (χ2n) is 4.94. The Labute approximate surface area is 112 Å². The zero-order valence-electron chi connectivity index (χ0n) is 11.1. The van der Waals surface area contributed by atoms with E-state index in [9.17, 15) is 15.2 Å². The van der Waals surface area contributed by atoms with Gasteiger partial charge in [0, 0.05) is 18.3 Å². The third-order valence-corrected chi connectivity index (χ3v) is 3.65. The molecule has 1 N–H and O–H groups in total. The van der Waals surface area contributed by atoms with Crippen molar-refractivity contribution < 1.29 is 10.0 Å². The summed E-state index contributed by atoms with van der Waals surface area (Å²) < 4.78 is 0. The Morgan fingerprint density at radius 2 is 2.32 bits per heavy atom. The van der Waals surface area contributed by atoms with Crippen LogP contribution in [0.5, 0.6) is 0 Å². The molecule has 1 aliphatic heterocycles. The summed E-state index contributed by atoms with van der Waals surface area (Å²) in [7, 11) is 0. The quantitative estimate of drug-likeness (QED) is 0.668. The van der Waals surface area contributed by atoms with E-state index >= 15 is 0 Å². The minimum absolute atomic E-state index is 0.00672. The molecule has 0 amide bonds. The molecule has 0 aliphatic carbocycles. The number of nitrogens with zero attached hydrogens (tertiary/aromatic N) is 3. The van der Waals surface area contributed by atoms with E-state index in [-0.39, 0.29) is 23.3 Å². The van der Waals surface area contributed by atoms with Gasteiger partial charge in [-0.15, -0.1) is 0 Å². The lowest BCUT2D eigenvalue weighted by Crippen LogP contribution is -2.38. The minimum Gasteiger partial charge on any atom is -0.394 e. The predicted molar refractivity (Wildman–Crippen MR) is 72.3 cm³/mol. The Morgan fingerprint density at radius 1 is 1.53 bits per heavy atom. The largest absolute Gasteiger partial charge is 0.394 e. The van der Waals surface area contributed by atoms with Gasteiger partial charge in [0.1, 0.15) is 0 Å². The Hall–Kier alpha value is -1.69. The molecule has 1 aliphatic rings. The number of aliphatic hydroxyl groups is 1. The second kappa shape index (κ2) is 5.97. The zero-order chi connectivity index (χ0) is 13.8. The van der Waals surface area contributed by atoms with E-state index in [1.54, 1.807) is 19.2 Å². The van der Waals surface area contributed by atoms with Crippen molar-refractivity contribution in [3.05, 3.63) is 27.9 Å². The number of hydrogen-bond acceptors (Lipinski definition) is 5. The first-order valence-corrected chi connectivity index (χ1v) is 6.62. The molecule has 1 unspecified atom stereocenters. The van der Waals surface area contributed by atoms with Gasteiger partial charge in [-0.05, 0) is 25.8 Å². The fraction of sp³-hybridized carbons (Fsp3) is 0.615. The number of aliphatic hydroxyl groups excluding tert-OH is 1. The highest BCUT2D eigenvalue weighted by Gasteiger charge is 2.29. The third kappa shape index (κ3) is 2.84. The number of hydrogen-bond donors (Lipinski definition) is 1. The second-order valence-corrected chi connectivity index (χ2v) is 4.94. The monoisotopic (exact) mass is 265 g/mol. The number of aromatic nitrogens is 1. The Kier molecular flexibility index (Phi) is 4.31. The van der Waals surface area contributed by atoms with Crippen LogP contribution in [0.2, 0.25) is 0 Å². The SMILES string of the molecule is Cc1ccnc(N2CCCCCC2CO)c1[N+](=O)[O-]. The van der Waals surface area contributed by atoms with Crippen molar-refractivity contribution in [3.8, 4) is 0 Å². The van der Waals surface area contributed by atoms with Crippen LogP contribution in [-0.2, 0) is 0 Å². The standard InChI is InChI=1S/C13H19N3O3/c1-10-6-7-14-13(12(10)16(18)19)15-8-4-2-3-5-11(15)9-17/h6-7,11,17H,2-5,8-9H2,1H3. The summed E-state index contributed by atoms with van der Waals surface area (Å²) >= 11 is 0. The summed E-state index contributed by atoms with van der Waals surface area (Å²) in [5.41, 5.74) is 0.666. The fourth-order valence-corrected chi connectivity index (χ4v) is 2.62. The number of rotatable bonds is 3. The fourth-order valence-electron chi connectivity index (χ4n) is 2.62. The van der Waals surface area contributed by atoms with Gasteiger partial charge in [0.25, 0.3) is 0 Å². The summed E-state index contributed by atoms with van der Waals surface area (Å²) in [6.45, 7) is 2.43. The number of nitro groups is 1. The molecule has 0 radical (unpaired) electrons. The van der Waals surface area contributed by atoms with Gasteiger partial charge < -0.3 is 10.0 Å². The first-order valence-electron chi connectivity index (χ1n) is 6.62. The van der Waals surface area contributed by atoms with Gasteiger partial charge in [-0.3, -0.25) is 10.1 Å². The van der Waals surface area contributed by atoms with Crippen LogP contribution >= 0.6 is 0 Å². The van der Waals surface area contributed by atoms with Gasteiger partial charge in [-0.1, -0.05) is 12.8 Å². The number of anilines is 1. The van der Waals surface area contributed by atoms with Crippen molar-refractivity contribution in [2.75, 3.05) is 18.1 Å². The van der Waals surface area contributed by atoms with Gasteiger partial charge in [-0.25, -0.2) is 4.98 Å². The summed E-state index contributed by atoms with van der Waals surface area (Å²) in [6.07, 6.45) is 5.55. The van der Waals surface area contributed by atoms with Gasteiger partial charge in [0.2, 0.25) is 5.82 Å². The molecular formula is C13H19N3O3. The van der Waals surface area contributed by atoms with Crippen molar-refractivity contribution >= 4 is 11.5 Å². The van der Waals surface area contributed by atoms with Gasteiger partial charge >= 0.3 is 5.69 Å². The average Bonchev–Trinajstić information content (AvgIpc) is 2.62.